The summed E-state index contributed by atoms with van der Waals surface area (Å²) in [6.07, 6.45) is -0.580. The van der Waals surface area contributed by atoms with Crippen molar-refractivity contribution in [3.05, 3.63) is 0 Å². The predicted octanol–water partition coefficient (Wildman–Crippen LogP) is -2.41. The quantitative estimate of drug-likeness (QED) is 0.349. The molecule has 0 aromatic heterocycles. The molecule has 5 N–H and O–H groups in total. The Balaban J connectivity index is 3.61. The Morgan fingerprint density at radius 3 is 2.00 bits per heavy atom. The number of nitrogens with zero attached hydrogens (tertiary/aromatic N) is 1. The van der Waals surface area contributed by atoms with Gasteiger partial charge in [-0.1, -0.05) is 0 Å². The number of nitrogens with two attached hydrogens (primary N) is 1. The van der Waals surface area contributed by atoms with E-state index in [4.69, 9.17) is 21.1 Å². The van der Waals surface area contributed by atoms with Crippen molar-refractivity contribution >= 4 is 0 Å². The Morgan fingerprint density at radius 1 is 1.17 bits per heavy atom. The van der Waals surface area contributed by atoms with Crippen molar-refractivity contribution in [3.63, 3.8) is 0 Å². The molecule has 0 amide bonds. The highest BCUT2D eigenvalue weighted by Crippen LogP contribution is 1.90. The molecule has 0 saturated carbocycles. The molecule has 12 heavy (non-hydrogen) atoms. The summed E-state index contributed by atoms with van der Waals surface area (Å²) in [5.74, 6) is 0. The lowest BCUT2D eigenvalue weighted by Crippen LogP contribution is -2.39. The van der Waals surface area contributed by atoms with E-state index in [9.17, 15) is 0 Å². The van der Waals surface area contributed by atoms with Crippen molar-refractivity contribution in [1.82, 2.24) is 4.90 Å². The van der Waals surface area contributed by atoms with Gasteiger partial charge in [-0.15, -0.1) is 0 Å². The van der Waals surface area contributed by atoms with Crippen LogP contribution in [0.4, 0.5) is 0 Å². The lowest BCUT2D eigenvalue weighted by Gasteiger charge is -2.22. The van der Waals surface area contributed by atoms with Crippen LogP contribution in [0.2, 0.25) is 0 Å². The predicted molar refractivity (Wildman–Crippen MR) is 45.7 cm³/mol. The highest BCUT2D eigenvalue weighted by Gasteiger charge is 2.08. The maximum Gasteiger partial charge on any atom is 0.0789 e. The van der Waals surface area contributed by atoms with Crippen molar-refractivity contribution in [2.24, 2.45) is 5.73 Å². The molecule has 0 saturated heterocycles. The molecule has 0 aliphatic rings. The van der Waals surface area contributed by atoms with Crippen molar-refractivity contribution in [2.45, 2.75) is 6.10 Å². The molecule has 0 spiro atoms. The third-order valence-corrected chi connectivity index (χ3v) is 1.57. The van der Waals surface area contributed by atoms with E-state index >= 15 is 0 Å². The van der Waals surface area contributed by atoms with E-state index in [0.717, 1.165) is 0 Å². The fraction of sp³-hybridized carbons (Fsp3) is 1.00. The molecular formula is C7H18N2O3. The van der Waals surface area contributed by atoms with Crippen LogP contribution >= 0.6 is 0 Å². The number of hydrogen-bond acceptors (Lipinski definition) is 5. The Labute approximate surface area is 72.4 Å². The van der Waals surface area contributed by atoms with E-state index in [-0.39, 0.29) is 19.8 Å². The second-order valence-electron chi connectivity index (χ2n) is 2.64. The van der Waals surface area contributed by atoms with Crippen LogP contribution in [0.1, 0.15) is 0 Å². The minimum absolute atomic E-state index is 0.0251. The van der Waals surface area contributed by atoms with Crippen LogP contribution in [0.25, 0.3) is 0 Å². The summed E-state index contributed by atoms with van der Waals surface area (Å²) in [6.45, 7) is 1.56. The third kappa shape index (κ3) is 5.45. The van der Waals surface area contributed by atoms with Crippen molar-refractivity contribution < 1.29 is 15.3 Å². The van der Waals surface area contributed by atoms with Gasteiger partial charge >= 0.3 is 0 Å². The molecule has 0 rings (SSSR count). The SMILES string of the molecule is NC[C@H](O)CN(CCO)CCO. The van der Waals surface area contributed by atoms with Crippen LogP contribution in [-0.2, 0) is 0 Å². The summed E-state index contributed by atoms with van der Waals surface area (Å²) >= 11 is 0. The summed E-state index contributed by atoms with van der Waals surface area (Å²) in [7, 11) is 0. The minimum atomic E-state index is -0.580. The smallest absolute Gasteiger partial charge is 0.0789 e. The van der Waals surface area contributed by atoms with Gasteiger partial charge in [0.15, 0.2) is 0 Å². The number of rotatable bonds is 7. The molecule has 0 heterocycles. The average molecular weight is 178 g/mol. The van der Waals surface area contributed by atoms with Crippen molar-refractivity contribution in [3.8, 4) is 0 Å². The minimum Gasteiger partial charge on any atom is -0.395 e. The summed E-state index contributed by atoms with van der Waals surface area (Å²) in [4.78, 5) is 1.76. The van der Waals surface area contributed by atoms with E-state index < -0.39 is 6.10 Å². The van der Waals surface area contributed by atoms with Gasteiger partial charge in [-0.3, -0.25) is 4.90 Å². The van der Waals surface area contributed by atoms with Crippen LogP contribution in [0.3, 0.4) is 0 Å². The van der Waals surface area contributed by atoms with E-state index in [0.29, 0.717) is 19.6 Å². The standard InChI is InChI=1S/C7H18N2O3/c8-5-7(12)6-9(1-3-10)2-4-11/h7,10-12H,1-6,8H2/t7-/m0/s1. The van der Waals surface area contributed by atoms with Crippen LogP contribution in [0, 0.1) is 0 Å². The van der Waals surface area contributed by atoms with Gasteiger partial charge in [-0.25, -0.2) is 0 Å². The van der Waals surface area contributed by atoms with Crippen LogP contribution in [-0.4, -0.2) is 65.7 Å². The summed E-state index contributed by atoms with van der Waals surface area (Å²) in [5, 5.41) is 26.4. The van der Waals surface area contributed by atoms with Gasteiger partial charge in [0.1, 0.15) is 0 Å². The molecule has 5 heteroatoms. The van der Waals surface area contributed by atoms with Gasteiger partial charge in [0.25, 0.3) is 0 Å². The van der Waals surface area contributed by atoms with Gasteiger partial charge < -0.3 is 21.1 Å². The Morgan fingerprint density at radius 2 is 1.67 bits per heavy atom. The zero-order chi connectivity index (χ0) is 9.40. The Bertz CT molecular complexity index is 96.7. The molecule has 0 aliphatic carbocycles. The zero-order valence-electron chi connectivity index (χ0n) is 7.19. The van der Waals surface area contributed by atoms with Gasteiger partial charge in [-0.05, 0) is 0 Å². The topological polar surface area (TPSA) is 90.0 Å². The maximum atomic E-state index is 9.15. The summed E-state index contributed by atoms with van der Waals surface area (Å²) in [6, 6.07) is 0. The van der Waals surface area contributed by atoms with Crippen LogP contribution < -0.4 is 5.73 Å². The fourth-order valence-electron chi connectivity index (χ4n) is 0.950. The summed E-state index contributed by atoms with van der Waals surface area (Å²) in [5.41, 5.74) is 5.21. The van der Waals surface area contributed by atoms with Crippen molar-refractivity contribution in [1.29, 1.82) is 0 Å². The average Bonchev–Trinajstić information content (AvgIpc) is 2.05. The second-order valence-corrected chi connectivity index (χ2v) is 2.64. The molecule has 1 atom stereocenters. The maximum absolute atomic E-state index is 9.15. The van der Waals surface area contributed by atoms with Crippen LogP contribution in [0.15, 0.2) is 0 Å². The lowest BCUT2D eigenvalue weighted by atomic mass is 10.3. The summed E-state index contributed by atoms with van der Waals surface area (Å²) < 4.78 is 0. The highest BCUT2D eigenvalue weighted by molar-refractivity contribution is 4.64. The Hall–Kier alpha value is -0.200. The van der Waals surface area contributed by atoms with E-state index in [1.54, 1.807) is 4.90 Å². The monoisotopic (exact) mass is 178 g/mol. The molecular weight excluding hydrogens is 160 g/mol. The molecule has 5 nitrogen and oxygen atoms in total. The second kappa shape index (κ2) is 7.45. The fourth-order valence-corrected chi connectivity index (χ4v) is 0.950. The normalized spacial score (nSPS) is 13.8. The molecule has 74 valence electrons. The third-order valence-electron chi connectivity index (χ3n) is 1.57. The molecule has 0 unspecified atom stereocenters. The van der Waals surface area contributed by atoms with E-state index in [1.165, 1.54) is 0 Å². The molecule has 0 aromatic rings. The van der Waals surface area contributed by atoms with Gasteiger partial charge in [-0.2, -0.15) is 0 Å². The first-order chi connectivity index (χ1) is 5.74. The number of hydrogen-bond donors (Lipinski definition) is 4. The zero-order valence-corrected chi connectivity index (χ0v) is 7.19. The molecule has 0 radical (unpaired) electrons. The van der Waals surface area contributed by atoms with E-state index in [2.05, 4.69) is 0 Å². The molecule has 0 aliphatic heterocycles. The Kier molecular flexibility index (Phi) is 7.33. The molecule has 0 aromatic carbocycles. The first-order valence-electron chi connectivity index (χ1n) is 4.06. The first-order valence-corrected chi connectivity index (χ1v) is 4.06. The molecule has 0 fully saturated rings. The lowest BCUT2D eigenvalue weighted by molar-refractivity contribution is 0.0918. The largest absolute Gasteiger partial charge is 0.395 e. The number of aliphatic hydroxyl groups is 3. The highest BCUT2D eigenvalue weighted by atomic mass is 16.3. The van der Waals surface area contributed by atoms with Gasteiger partial charge in [0, 0.05) is 26.2 Å². The van der Waals surface area contributed by atoms with E-state index in [1.807, 2.05) is 0 Å². The van der Waals surface area contributed by atoms with Gasteiger partial charge in [0.2, 0.25) is 0 Å². The van der Waals surface area contributed by atoms with Crippen molar-refractivity contribution in [2.75, 3.05) is 39.4 Å². The van der Waals surface area contributed by atoms with Crippen LogP contribution in [0.5, 0.6) is 0 Å². The van der Waals surface area contributed by atoms with Gasteiger partial charge in [0.05, 0.1) is 19.3 Å². The first kappa shape index (κ1) is 11.8. The number of aliphatic hydroxyl groups excluding tert-OH is 3. The molecule has 0 bridgehead atoms.